The van der Waals surface area contributed by atoms with Crippen LogP contribution in [0.2, 0.25) is 0 Å². The second-order valence-electron chi connectivity index (χ2n) is 4.83. The molecule has 2 rings (SSSR count). The predicted octanol–water partition coefficient (Wildman–Crippen LogP) is 0.961. The van der Waals surface area contributed by atoms with E-state index in [4.69, 9.17) is 0 Å². The Balaban J connectivity index is 1.83. The van der Waals surface area contributed by atoms with Crippen LogP contribution in [-0.2, 0) is 9.59 Å². The number of hydrogen-bond acceptors (Lipinski definition) is 2. The van der Waals surface area contributed by atoms with Gasteiger partial charge in [-0.3, -0.25) is 9.59 Å². The molecule has 0 bridgehead atoms. The molecule has 1 saturated heterocycles. The van der Waals surface area contributed by atoms with Crippen LogP contribution >= 0.6 is 0 Å². The summed E-state index contributed by atoms with van der Waals surface area (Å²) in [6, 6.07) is 0.302. The van der Waals surface area contributed by atoms with Gasteiger partial charge < -0.3 is 10.6 Å². The predicted molar refractivity (Wildman–Crippen MR) is 60.7 cm³/mol. The van der Waals surface area contributed by atoms with E-state index in [9.17, 15) is 9.59 Å². The first-order valence-electron chi connectivity index (χ1n) is 6.35. The smallest absolute Gasteiger partial charge is 0.232 e. The van der Waals surface area contributed by atoms with Gasteiger partial charge in [0.05, 0.1) is 0 Å². The van der Waals surface area contributed by atoms with Crippen molar-refractivity contribution in [1.29, 1.82) is 0 Å². The van der Waals surface area contributed by atoms with Gasteiger partial charge in [-0.05, 0) is 25.7 Å². The molecule has 2 N–H and O–H groups in total. The lowest BCUT2D eigenvalue weighted by atomic mass is 9.93. The summed E-state index contributed by atoms with van der Waals surface area (Å²) in [5, 5.41) is 5.77. The van der Waals surface area contributed by atoms with E-state index >= 15 is 0 Å². The molecule has 1 atom stereocenters. The van der Waals surface area contributed by atoms with Gasteiger partial charge in [-0.15, -0.1) is 0 Å². The summed E-state index contributed by atoms with van der Waals surface area (Å²) in [5.41, 5.74) is 0. The van der Waals surface area contributed by atoms with Crippen molar-refractivity contribution >= 4 is 11.8 Å². The monoisotopic (exact) mass is 224 g/mol. The van der Waals surface area contributed by atoms with Crippen LogP contribution in [0.3, 0.4) is 0 Å². The first kappa shape index (κ1) is 11.4. The molecule has 1 saturated carbocycles. The van der Waals surface area contributed by atoms with E-state index in [0.29, 0.717) is 19.0 Å². The van der Waals surface area contributed by atoms with Crippen LogP contribution in [0.4, 0.5) is 0 Å². The third-order valence-electron chi connectivity index (χ3n) is 3.55. The van der Waals surface area contributed by atoms with Crippen LogP contribution in [-0.4, -0.2) is 24.4 Å². The van der Waals surface area contributed by atoms with Crippen molar-refractivity contribution in [1.82, 2.24) is 10.6 Å². The first-order valence-corrected chi connectivity index (χ1v) is 6.35. The molecule has 2 aliphatic rings. The van der Waals surface area contributed by atoms with E-state index in [1.807, 2.05) is 0 Å². The molecule has 0 aromatic rings. The molecule has 1 aliphatic carbocycles. The zero-order valence-electron chi connectivity index (χ0n) is 9.63. The summed E-state index contributed by atoms with van der Waals surface area (Å²) in [6.45, 7) is 0.714. The van der Waals surface area contributed by atoms with Crippen LogP contribution < -0.4 is 10.6 Å². The van der Waals surface area contributed by atoms with E-state index < -0.39 is 5.92 Å². The van der Waals surface area contributed by atoms with E-state index in [0.717, 1.165) is 19.3 Å². The van der Waals surface area contributed by atoms with Gasteiger partial charge in [0.25, 0.3) is 0 Å². The van der Waals surface area contributed by atoms with Crippen molar-refractivity contribution in [2.24, 2.45) is 5.92 Å². The van der Waals surface area contributed by atoms with Gasteiger partial charge in [-0.2, -0.15) is 0 Å². The summed E-state index contributed by atoms with van der Waals surface area (Å²) in [5.74, 6) is -0.612. The molecular formula is C12H20N2O2. The number of amides is 2. The minimum absolute atomic E-state index is 0.0656. The molecule has 0 aromatic heterocycles. The largest absolute Gasteiger partial charge is 0.355 e. The minimum Gasteiger partial charge on any atom is -0.355 e. The fourth-order valence-electron chi connectivity index (χ4n) is 2.57. The van der Waals surface area contributed by atoms with Gasteiger partial charge in [-0.1, -0.05) is 19.3 Å². The van der Waals surface area contributed by atoms with Crippen molar-refractivity contribution in [3.8, 4) is 0 Å². The molecule has 0 spiro atoms. The van der Waals surface area contributed by atoms with Crippen molar-refractivity contribution in [2.45, 2.75) is 51.0 Å². The van der Waals surface area contributed by atoms with Gasteiger partial charge in [0.15, 0.2) is 0 Å². The van der Waals surface area contributed by atoms with Crippen molar-refractivity contribution in [3.63, 3.8) is 0 Å². The SMILES string of the molecule is O=C1NCCC[C@@H]1C(=O)NC1CCCCC1. The maximum Gasteiger partial charge on any atom is 0.232 e. The summed E-state index contributed by atoms with van der Waals surface area (Å²) in [4.78, 5) is 23.4. The van der Waals surface area contributed by atoms with Crippen LogP contribution in [0.25, 0.3) is 0 Å². The van der Waals surface area contributed by atoms with Crippen molar-refractivity contribution in [3.05, 3.63) is 0 Å². The topological polar surface area (TPSA) is 58.2 Å². The quantitative estimate of drug-likeness (QED) is 0.686. The molecule has 2 amide bonds. The molecule has 0 radical (unpaired) electrons. The average Bonchev–Trinajstić information content (AvgIpc) is 2.31. The summed E-state index contributed by atoms with van der Waals surface area (Å²) in [6.07, 6.45) is 7.42. The number of piperidine rings is 1. The Morgan fingerprint density at radius 1 is 1.12 bits per heavy atom. The zero-order valence-corrected chi connectivity index (χ0v) is 9.63. The van der Waals surface area contributed by atoms with Crippen LogP contribution in [0.5, 0.6) is 0 Å². The van der Waals surface area contributed by atoms with E-state index in [2.05, 4.69) is 10.6 Å². The third kappa shape index (κ3) is 2.74. The van der Waals surface area contributed by atoms with E-state index in [-0.39, 0.29) is 11.8 Å². The maximum atomic E-state index is 11.9. The Morgan fingerprint density at radius 2 is 1.88 bits per heavy atom. The molecule has 1 heterocycles. The second-order valence-corrected chi connectivity index (χ2v) is 4.83. The summed E-state index contributed by atoms with van der Waals surface area (Å²) >= 11 is 0. The minimum atomic E-state index is -0.448. The Bertz CT molecular complexity index is 272. The van der Waals surface area contributed by atoms with E-state index in [1.165, 1.54) is 19.3 Å². The highest BCUT2D eigenvalue weighted by Crippen LogP contribution is 2.19. The molecule has 0 unspecified atom stereocenters. The summed E-state index contributed by atoms with van der Waals surface area (Å²) < 4.78 is 0. The molecule has 90 valence electrons. The number of nitrogens with one attached hydrogen (secondary N) is 2. The molecule has 4 heteroatoms. The van der Waals surface area contributed by atoms with Crippen LogP contribution in [0.1, 0.15) is 44.9 Å². The van der Waals surface area contributed by atoms with E-state index in [1.54, 1.807) is 0 Å². The maximum absolute atomic E-state index is 11.9. The number of hydrogen-bond donors (Lipinski definition) is 2. The number of rotatable bonds is 2. The molecule has 4 nitrogen and oxygen atoms in total. The zero-order chi connectivity index (χ0) is 11.4. The lowest BCUT2D eigenvalue weighted by Gasteiger charge is -2.26. The molecule has 16 heavy (non-hydrogen) atoms. The van der Waals surface area contributed by atoms with Crippen molar-refractivity contribution < 1.29 is 9.59 Å². The highest BCUT2D eigenvalue weighted by atomic mass is 16.2. The lowest BCUT2D eigenvalue weighted by molar-refractivity contribution is -0.137. The Hall–Kier alpha value is -1.06. The summed E-state index contributed by atoms with van der Waals surface area (Å²) in [7, 11) is 0. The molecule has 2 fully saturated rings. The van der Waals surface area contributed by atoms with Gasteiger partial charge in [0.1, 0.15) is 5.92 Å². The molecular weight excluding hydrogens is 204 g/mol. The Kier molecular flexibility index (Phi) is 3.80. The van der Waals surface area contributed by atoms with Gasteiger partial charge in [-0.25, -0.2) is 0 Å². The lowest BCUT2D eigenvalue weighted by Crippen LogP contribution is -2.48. The second kappa shape index (κ2) is 5.32. The van der Waals surface area contributed by atoms with Gasteiger partial charge in [0, 0.05) is 12.6 Å². The first-order chi connectivity index (χ1) is 7.77. The third-order valence-corrected chi connectivity index (χ3v) is 3.55. The van der Waals surface area contributed by atoms with Crippen LogP contribution in [0.15, 0.2) is 0 Å². The highest BCUT2D eigenvalue weighted by molar-refractivity contribution is 6.00. The highest BCUT2D eigenvalue weighted by Gasteiger charge is 2.30. The van der Waals surface area contributed by atoms with Crippen LogP contribution in [0, 0.1) is 5.92 Å². The molecule has 0 aromatic carbocycles. The Labute approximate surface area is 96.2 Å². The van der Waals surface area contributed by atoms with Gasteiger partial charge >= 0.3 is 0 Å². The number of carbonyl (C=O) groups excluding carboxylic acids is 2. The van der Waals surface area contributed by atoms with Gasteiger partial charge in [0.2, 0.25) is 11.8 Å². The van der Waals surface area contributed by atoms with Crippen molar-refractivity contribution in [2.75, 3.05) is 6.54 Å². The normalized spacial score (nSPS) is 27.2. The molecule has 1 aliphatic heterocycles. The fourth-order valence-corrected chi connectivity index (χ4v) is 2.57. The number of carbonyl (C=O) groups is 2. The average molecular weight is 224 g/mol. The Morgan fingerprint density at radius 3 is 2.56 bits per heavy atom. The fraction of sp³-hybridized carbons (Fsp3) is 0.833. The standard InChI is InChI=1S/C12H20N2O2/c15-11-10(7-4-8-13-11)12(16)14-9-5-2-1-3-6-9/h9-10H,1-8H2,(H,13,15)(H,14,16)/t10-/m0/s1.